The number of aryl methyl sites for hydroxylation is 1. The van der Waals surface area contributed by atoms with Crippen LogP contribution in [0.2, 0.25) is 0 Å². The maximum Gasteiger partial charge on any atom is 0.202 e. The van der Waals surface area contributed by atoms with Crippen LogP contribution in [0.5, 0.6) is 0 Å². The Labute approximate surface area is 84.3 Å². The molecule has 4 nitrogen and oxygen atoms in total. The van der Waals surface area contributed by atoms with Gasteiger partial charge in [0.25, 0.3) is 0 Å². The van der Waals surface area contributed by atoms with Crippen molar-refractivity contribution >= 4 is 5.95 Å². The molecule has 0 saturated carbocycles. The molecule has 1 aromatic heterocycles. The Morgan fingerprint density at radius 3 is 3.14 bits per heavy atom. The van der Waals surface area contributed by atoms with Gasteiger partial charge in [-0.3, -0.25) is 0 Å². The summed E-state index contributed by atoms with van der Waals surface area (Å²) in [4.78, 5) is 4.24. The molecule has 2 heterocycles. The summed E-state index contributed by atoms with van der Waals surface area (Å²) in [6.07, 6.45) is 4.90. The smallest absolute Gasteiger partial charge is 0.202 e. The first-order valence-corrected chi connectivity index (χ1v) is 5.13. The van der Waals surface area contributed by atoms with Crippen LogP contribution in [0.25, 0.3) is 0 Å². The van der Waals surface area contributed by atoms with Crippen molar-refractivity contribution in [2.45, 2.75) is 19.4 Å². The van der Waals surface area contributed by atoms with Gasteiger partial charge in [0.2, 0.25) is 5.95 Å². The van der Waals surface area contributed by atoms with Gasteiger partial charge in [-0.2, -0.15) is 0 Å². The molecule has 2 rings (SSSR count). The predicted molar refractivity (Wildman–Crippen MR) is 55.2 cm³/mol. The summed E-state index contributed by atoms with van der Waals surface area (Å²) in [6.45, 7) is 3.87. The number of ether oxygens (including phenoxy) is 1. The zero-order chi connectivity index (χ0) is 9.97. The Hall–Kier alpha value is -1.03. The third-order valence-electron chi connectivity index (χ3n) is 2.86. The third-order valence-corrected chi connectivity index (χ3v) is 2.86. The van der Waals surface area contributed by atoms with Crippen molar-refractivity contribution in [1.82, 2.24) is 9.55 Å². The summed E-state index contributed by atoms with van der Waals surface area (Å²) in [5, 5.41) is 3.42. The van der Waals surface area contributed by atoms with Crippen molar-refractivity contribution in [2.75, 3.05) is 18.5 Å². The molecule has 0 spiro atoms. The maximum atomic E-state index is 5.45. The molecule has 1 aliphatic rings. The van der Waals surface area contributed by atoms with Crippen LogP contribution in [-0.4, -0.2) is 28.8 Å². The lowest BCUT2D eigenvalue weighted by Gasteiger charge is -2.17. The van der Waals surface area contributed by atoms with E-state index in [4.69, 9.17) is 4.74 Å². The van der Waals surface area contributed by atoms with Crippen LogP contribution < -0.4 is 5.32 Å². The average Bonchev–Trinajstić information content (AvgIpc) is 2.77. The molecule has 1 fully saturated rings. The number of aromatic nitrogens is 2. The molecule has 1 aliphatic heterocycles. The number of hydrogen-bond donors (Lipinski definition) is 1. The van der Waals surface area contributed by atoms with Crippen molar-refractivity contribution in [1.29, 1.82) is 0 Å². The van der Waals surface area contributed by atoms with Gasteiger partial charge >= 0.3 is 0 Å². The van der Waals surface area contributed by atoms with Crippen LogP contribution in [0.15, 0.2) is 12.4 Å². The minimum Gasteiger partial charge on any atom is -0.379 e. The SMILES string of the molecule is CCC1COCC1Nc1nccn1C. The van der Waals surface area contributed by atoms with Gasteiger partial charge in [-0.05, 0) is 6.42 Å². The molecule has 0 aromatic carbocycles. The summed E-state index contributed by atoms with van der Waals surface area (Å²) in [6, 6.07) is 0.418. The Bertz CT molecular complexity index is 297. The van der Waals surface area contributed by atoms with Gasteiger partial charge in [0.15, 0.2) is 0 Å². The Morgan fingerprint density at radius 2 is 2.50 bits per heavy atom. The van der Waals surface area contributed by atoms with E-state index in [0.29, 0.717) is 12.0 Å². The van der Waals surface area contributed by atoms with Gasteiger partial charge in [0.1, 0.15) is 0 Å². The standard InChI is InChI=1S/C10H17N3O/c1-3-8-6-14-7-9(8)12-10-11-4-5-13(10)2/h4-5,8-9H,3,6-7H2,1-2H3,(H,11,12). The van der Waals surface area contributed by atoms with E-state index in [2.05, 4.69) is 17.2 Å². The van der Waals surface area contributed by atoms with Crippen molar-refractivity contribution < 1.29 is 4.74 Å². The lowest BCUT2D eigenvalue weighted by molar-refractivity contribution is 0.184. The second-order valence-electron chi connectivity index (χ2n) is 3.82. The Balaban J connectivity index is 2.00. The second-order valence-corrected chi connectivity index (χ2v) is 3.82. The van der Waals surface area contributed by atoms with E-state index >= 15 is 0 Å². The van der Waals surface area contributed by atoms with Crippen LogP contribution in [0.3, 0.4) is 0 Å². The molecule has 0 amide bonds. The third kappa shape index (κ3) is 1.75. The van der Waals surface area contributed by atoms with Crippen LogP contribution in [-0.2, 0) is 11.8 Å². The fourth-order valence-electron chi connectivity index (χ4n) is 1.83. The van der Waals surface area contributed by atoms with Crippen LogP contribution >= 0.6 is 0 Å². The maximum absolute atomic E-state index is 5.45. The first-order valence-electron chi connectivity index (χ1n) is 5.13. The molecule has 0 aliphatic carbocycles. The highest BCUT2D eigenvalue weighted by Gasteiger charge is 2.27. The quantitative estimate of drug-likeness (QED) is 0.789. The van der Waals surface area contributed by atoms with Crippen LogP contribution in [0.4, 0.5) is 5.95 Å². The van der Waals surface area contributed by atoms with Crippen molar-refractivity contribution in [3.05, 3.63) is 12.4 Å². The number of rotatable bonds is 3. The number of nitrogens with zero attached hydrogens (tertiary/aromatic N) is 2. The zero-order valence-electron chi connectivity index (χ0n) is 8.73. The van der Waals surface area contributed by atoms with Crippen molar-refractivity contribution in [3.8, 4) is 0 Å². The zero-order valence-corrected chi connectivity index (χ0v) is 8.73. The molecular formula is C10H17N3O. The van der Waals surface area contributed by atoms with Gasteiger partial charge in [0.05, 0.1) is 19.3 Å². The molecule has 0 bridgehead atoms. The predicted octanol–water partition coefficient (Wildman–Crippen LogP) is 1.26. The number of imidazole rings is 1. The first-order chi connectivity index (χ1) is 6.81. The summed E-state index contributed by atoms with van der Waals surface area (Å²) in [7, 11) is 1.99. The van der Waals surface area contributed by atoms with Crippen LogP contribution in [0.1, 0.15) is 13.3 Å². The molecule has 1 saturated heterocycles. The van der Waals surface area contributed by atoms with E-state index < -0.39 is 0 Å². The van der Waals surface area contributed by atoms with E-state index in [-0.39, 0.29) is 0 Å². The van der Waals surface area contributed by atoms with Gasteiger partial charge in [-0.25, -0.2) is 4.98 Å². The van der Waals surface area contributed by atoms with Crippen molar-refractivity contribution in [2.24, 2.45) is 13.0 Å². The molecular weight excluding hydrogens is 178 g/mol. The van der Waals surface area contributed by atoms with Gasteiger partial charge < -0.3 is 14.6 Å². The monoisotopic (exact) mass is 195 g/mol. The Kier molecular flexibility index (Phi) is 2.72. The van der Waals surface area contributed by atoms with E-state index in [1.165, 1.54) is 0 Å². The van der Waals surface area contributed by atoms with E-state index in [0.717, 1.165) is 25.6 Å². The normalized spacial score (nSPS) is 26.7. The second kappa shape index (κ2) is 4.00. The van der Waals surface area contributed by atoms with Gasteiger partial charge in [-0.1, -0.05) is 6.92 Å². The molecule has 0 radical (unpaired) electrons. The highest BCUT2D eigenvalue weighted by atomic mass is 16.5. The molecule has 14 heavy (non-hydrogen) atoms. The summed E-state index contributed by atoms with van der Waals surface area (Å²) >= 11 is 0. The van der Waals surface area contributed by atoms with Gasteiger partial charge in [0, 0.05) is 25.4 Å². The molecule has 1 N–H and O–H groups in total. The van der Waals surface area contributed by atoms with E-state index in [1.807, 2.05) is 17.8 Å². The van der Waals surface area contributed by atoms with E-state index in [9.17, 15) is 0 Å². The van der Waals surface area contributed by atoms with E-state index in [1.54, 1.807) is 6.20 Å². The summed E-state index contributed by atoms with van der Waals surface area (Å²) in [5.74, 6) is 1.55. The number of nitrogens with one attached hydrogen (secondary N) is 1. The van der Waals surface area contributed by atoms with Crippen LogP contribution in [0, 0.1) is 5.92 Å². The summed E-state index contributed by atoms with van der Waals surface area (Å²) in [5.41, 5.74) is 0. The molecule has 2 atom stereocenters. The highest BCUT2D eigenvalue weighted by Crippen LogP contribution is 2.20. The largest absolute Gasteiger partial charge is 0.379 e. The lowest BCUT2D eigenvalue weighted by Crippen LogP contribution is -2.28. The topological polar surface area (TPSA) is 39.1 Å². The number of hydrogen-bond acceptors (Lipinski definition) is 3. The number of anilines is 1. The minimum atomic E-state index is 0.418. The van der Waals surface area contributed by atoms with Gasteiger partial charge in [-0.15, -0.1) is 0 Å². The fraction of sp³-hybridized carbons (Fsp3) is 0.700. The molecule has 1 aromatic rings. The average molecular weight is 195 g/mol. The molecule has 2 unspecified atom stereocenters. The molecule has 78 valence electrons. The first kappa shape index (κ1) is 9.52. The Morgan fingerprint density at radius 1 is 1.64 bits per heavy atom. The summed E-state index contributed by atoms with van der Waals surface area (Å²) < 4.78 is 7.44. The lowest BCUT2D eigenvalue weighted by atomic mass is 10.0. The van der Waals surface area contributed by atoms with Crippen molar-refractivity contribution in [3.63, 3.8) is 0 Å². The minimum absolute atomic E-state index is 0.418. The fourth-order valence-corrected chi connectivity index (χ4v) is 1.83. The molecule has 4 heteroatoms. The highest BCUT2D eigenvalue weighted by molar-refractivity contribution is 5.27.